The zero-order valence-corrected chi connectivity index (χ0v) is 18.6. The summed E-state index contributed by atoms with van der Waals surface area (Å²) < 4.78 is 6.24. The molecule has 162 valence electrons. The van der Waals surface area contributed by atoms with Crippen molar-refractivity contribution in [3.05, 3.63) is 42.5 Å². The predicted molar refractivity (Wildman–Crippen MR) is 121 cm³/mol. The Morgan fingerprint density at radius 1 is 1.10 bits per heavy atom. The number of carboxylic acid groups (broad SMARTS) is 1. The van der Waals surface area contributed by atoms with Gasteiger partial charge in [-0.25, -0.2) is 4.98 Å². The van der Waals surface area contributed by atoms with E-state index in [9.17, 15) is 4.79 Å². The monoisotopic (exact) mass is 410 g/mol. The van der Waals surface area contributed by atoms with Crippen LogP contribution in [0.25, 0.3) is 11.3 Å². The molecule has 1 aliphatic rings. The molecule has 1 fully saturated rings. The number of pyridine rings is 1. The van der Waals surface area contributed by atoms with Crippen molar-refractivity contribution in [2.75, 3.05) is 18.5 Å². The zero-order valence-electron chi connectivity index (χ0n) is 18.6. The Morgan fingerprint density at radius 2 is 1.77 bits per heavy atom. The zero-order chi connectivity index (χ0) is 21.7. The number of hydrogen-bond acceptors (Lipinski definition) is 4. The van der Waals surface area contributed by atoms with Crippen molar-refractivity contribution in [2.24, 2.45) is 11.3 Å². The summed E-state index contributed by atoms with van der Waals surface area (Å²) in [6.07, 6.45) is 5.10. The van der Waals surface area contributed by atoms with Crippen LogP contribution in [0.15, 0.2) is 42.5 Å². The SMILES string of the molecule is CN(CCC(=O)O)c1cccc(-c2ccc(O[C@H]3CC[C@H](C(C)(C)C)CC3)cc2)n1. The second-order valence-corrected chi connectivity index (χ2v) is 9.43. The smallest absolute Gasteiger partial charge is 0.305 e. The number of hydrogen-bond donors (Lipinski definition) is 1. The number of rotatable bonds is 7. The van der Waals surface area contributed by atoms with Crippen LogP contribution >= 0.6 is 0 Å². The van der Waals surface area contributed by atoms with Gasteiger partial charge in [-0.05, 0) is 73.4 Å². The van der Waals surface area contributed by atoms with Gasteiger partial charge in [0.1, 0.15) is 11.6 Å². The first kappa shape index (κ1) is 22.1. The van der Waals surface area contributed by atoms with Crippen LogP contribution in [-0.2, 0) is 4.79 Å². The number of carboxylic acids is 1. The lowest BCUT2D eigenvalue weighted by Gasteiger charge is -2.36. The van der Waals surface area contributed by atoms with Crippen LogP contribution in [0.5, 0.6) is 5.75 Å². The first-order valence-electron chi connectivity index (χ1n) is 10.9. The van der Waals surface area contributed by atoms with Gasteiger partial charge in [0.25, 0.3) is 0 Å². The fourth-order valence-corrected chi connectivity index (χ4v) is 4.12. The van der Waals surface area contributed by atoms with Gasteiger partial charge in [-0.2, -0.15) is 0 Å². The minimum absolute atomic E-state index is 0.0894. The molecule has 0 atom stereocenters. The van der Waals surface area contributed by atoms with Gasteiger partial charge >= 0.3 is 5.97 Å². The number of nitrogens with zero attached hydrogens (tertiary/aromatic N) is 2. The first-order chi connectivity index (χ1) is 14.2. The normalized spacial score (nSPS) is 19.3. The van der Waals surface area contributed by atoms with Crippen molar-refractivity contribution in [2.45, 2.75) is 59.0 Å². The second kappa shape index (κ2) is 9.50. The van der Waals surface area contributed by atoms with Crippen molar-refractivity contribution in [3.8, 4) is 17.0 Å². The molecule has 1 saturated carbocycles. The highest BCUT2D eigenvalue weighted by Crippen LogP contribution is 2.38. The molecule has 0 spiro atoms. The van der Waals surface area contributed by atoms with Crippen LogP contribution in [0, 0.1) is 11.3 Å². The van der Waals surface area contributed by atoms with Gasteiger partial charge in [0, 0.05) is 19.2 Å². The van der Waals surface area contributed by atoms with Gasteiger partial charge < -0.3 is 14.7 Å². The number of aromatic nitrogens is 1. The summed E-state index contributed by atoms with van der Waals surface area (Å²) in [7, 11) is 1.86. The Bertz CT molecular complexity index is 834. The van der Waals surface area contributed by atoms with Gasteiger partial charge in [0.15, 0.2) is 0 Å². The minimum atomic E-state index is -0.805. The fourth-order valence-electron chi connectivity index (χ4n) is 4.12. The molecule has 1 aromatic carbocycles. The maximum absolute atomic E-state index is 10.8. The fraction of sp³-hybridized carbons (Fsp3) is 0.520. The van der Waals surface area contributed by atoms with E-state index in [1.54, 1.807) is 0 Å². The Labute approximate surface area is 180 Å². The van der Waals surface area contributed by atoms with E-state index in [0.29, 0.717) is 18.1 Å². The predicted octanol–water partition coefficient (Wildman–Crippen LogP) is 5.64. The van der Waals surface area contributed by atoms with Crippen molar-refractivity contribution in [1.82, 2.24) is 4.98 Å². The third-order valence-corrected chi connectivity index (χ3v) is 6.14. The average Bonchev–Trinajstić information content (AvgIpc) is 2.72. The van der Waals surface area contributed by atoms with Crippen molar-refractivity contribution >= 4 is 11.8 Å². The van der Waals surface area contributed by atoms with Gasteiger partial charge in [-0.15, -0.1) is 0 Å². The molecule has 0 saturated heterocycles. The van der Waals surface area contributed by atoms with Crippen LogP contribution in [0.3, 0.4) is 0 Å². The highest BCUT2D eigenvalue weighted by molar-refractivity contribution is 5.68. The van der Waals surface area contributed by atoms with Crippen molar-refractivity contribution in [1.29, 1.82) is 0 Å². The maximum atomic E-state index is 10.8. The summed E-state index contributed by atoms with van der Waals surface area (Å²) in [5.41, 5.74) is 2.27. The molecular formula is C25H34N2O3. The van der Waals surface area contributed by atoms with E-state index in [0.717, 1.165) is 41.6 Å². The van der Waals surface area contributed by atoms with E-state index in [4.69, 9.17) is 9.84 Å². The van der Waals surface area contributed by atoms with Crippen LogP contribution in [-0.4, -0.2) is 35.8 Å². The minimum Gasteiger partial charge on any atom is -0.490 e. The van der Waals surface area contributed by atoms with E-state index in [2.05, 4.69) is 25.8 Å². The largest absolute Gasteiger partial charge is 0.490 e. The Kier molecular flexibility index (Phi) is 7.01. The summed E-state index contributed by atoms with van der Waals surface area (Å²) in [5.74, 6) is 1.66. The summed E-state index contributed by atoms with van der Waals surface area (Å²) >= 11 is 0. The molecule has 0 aliphatic heterocycles. The molecule has 3 rings (SSSR count). The van der Waals surface area contributed by atoms with Gasteiger partial charge in [0.05, 0.1) is 18.2 Å². The quantitative estimate of drug-likeness (QED) is 0.640. The molecule has 0 radical (unpaired) electrons. The molecule has 0 unspecified atom stereocenters. The number of aliphatic carboxylic acids is 1. The Hall–Kier alpha value is -2.56. The molecule has 1 N–H and O–H groups in total. The lowest BCUT2D eigenvalue weighted by molar-refractivity contribution is -0.136. The Morgan fingerprint density at radius 3 is 2.37 bits per heavy atom. The second-order valence-electron chi connectivity index (χ2n) is 9.43. The summed E-state index contributed by atoms with van der Waals surface area (Å²) in [4.78, 5) is 17.4. The number of carbonyl (C=O) groups is 1. The van der Waals surface area contributed by atoms with Gasteiger partial charge in [-0.3, -0.25) is 4.79 Å². The standard InChI is InChI=1S/C25H34N2O3/c1-25(2,3)19-10-14-21(15-11-19)30-20-12-8-18(9-13-20)22-6-5-7-23(26-22)27(4)17-16-24(28)29/h5-9,12-13,19,21H,10-11,14-17H2,1-4H3,(H,28,29)/t19-,21-. The molecule has 1 heterocycles. The highest BCUT2D eigenvalue weighted by atomic mass is 16.5. The molecule has 0 amide bonds. The maximum Gasteiger partial charge on any atom is 0.305 e. The first-order valence-corrected chi connectivity index (χ1v) is 10.9. The highest BCUT2D eigenvalue weighted by Gasteiger charge is 2.30. The third-order valence-electron chi connectivity index (χ3n) is 6.14. The lowest BCUT2D eigenvalue weighted by Crippen LogP contribution is -2.30. The molecule has 0 bridgehead atoms. The van der Waals surface area contributed by atoms with E-state index in [-0.39, 0.29) is 6.42 Å². The van der Waals surface area contributed by atoms with Gasteiger partial charge in [-0.1, -0.05) is 26.8 Å². The molecular weight excluding hydrogens is 376 g/mol. The Balaban J connectivity index is 1.60. The van der Waals surface area contributed by atoms with Crippen LogP contribution in [0.2, 0.25) is 0 Å². The van der Waals surface area contributed by atoms with E-state index < -0.39 is 5.97 Å². The number of anilines is 1. The summed E-state index contributed by atoms with van der Waals surface area (Å²) in [5, 5.41) is 8.87. The lowest BCUT2D eigenvalue weighted by atomic mass is 9.72. The topological polar surface area (TPSA) is 62.7 Å². The van der Waals surface area contributed by atoms with Crippen LogP contribution in [0.1, 0.15) is 52.9 Å². The van der Waals surface area contributed by atoms with E-state index in [1.165, 1.54) is 12.8 Å². The molecule has 5 heteroatoms. The van der Waals surface area contributed by atoms with Crippen molar-refractivity contribution in [3.63, 3.8) is 0 Å². The van der Waals surface area contributed by atoms with Crippen LogP contribution < -0.4 is 9.64 Å². The van der Waals surface area contributed by atoms with Crippen LogP contribution in [0.4, 0.5) is 5.82 Å². The van der Waals surface area contributed by atoms with E-state index >= 15 is 0 Å². The van der Waals surface area contributed by atoms with E-state index in [1.807, 2.05) is 54.4 Å². The molecule has 1 aliphatic carbocycles. The molecule has 5 nitrogen and oxygen atoms in total. The average molecular weight is 411 g/mol. The summed E-state index contributed by atoms with van der Waals surface area (Å²) in [6, 6.07) is 13.9. The van der Waals surface area contributed by atoms with Gasteiger partial charge in [0.2, 0.25) is 0 Å². The molecule has 2 aromatic rings. The van der Waals surface area contributed by atoms with Crippen molar-refractivity contribution < 1.29 is 14.6 Å². The molecule has 1 aromatic heterocycles. The number of ether oxygens (including phenoxy) is 1. The number of benzene rings is 1. The molecule has 30 heavy (non-hydrogen) atoms. The summed E-state index contributed by atoms with van der Waals surface area (Å²) in [6.45, 7) is 7.44. The third kappa shape index (κ3) is 5.97.